The van der Waals surface area contributed by atoms with Gasteiger partial charge in [-0.15, -0.1) is 0 Å². The Morgan fingerprint density at radius 1 is 0.926 bits per heavy atom. The van der Waals surface area contributed by atoms with Gasteiger partial charge in [0.15, 0.2) is 0 Å². The number of nitrogens with one attached hydrogen (secondary N) is 1. The third kappa shape index (κ3) is 4.37. The summed E-state index contributed by atoms with van der Waals surface area (Å²) in [5, 5.41) is 2.85. The van der Waals surface area contributed by atoms with Gasteiger partial charge in [0.25, 0.3) is 5.91 Å². The molecule has 144 valence electrons. The van der Waals surface area contributed by atoms with Gasteiger partial charge < -0.3 is 10.2 Å². The number of benzene rings is 2. The summed E-state index contributed by atoms with van der Waals surface area (Å²) in [5.74, 6) is -0.262. The van der Waals surface area contributed by atoms with Crippen LogP contribution in [0.3, 0.4) is 0 Å². The zero-order chi connectivity index (χ0) is 19.6. The maximum absolute atomic E-state index is 12.7. The molecular formula is C20H25N3O3S. The number of carbonyl (C=O) groups is 1. The Bertz CT molecular complexity index is 931. The van der Waals surface area contributed by atoms with E-state index in [2.05, 4.69) is 10.2 Å². The molecule has 1 amide bonds. The molecule has 0 saturated carbocycles. The lowest BCUT2D eigenvalue weighted by atomic mass is 10.1. The topological polar surface area (TPSA) is 69.7 Å². The van der Waals surface area contributed by atoms with Crippen LogP contribution in [0.4, 0.5) is 5.69 Å². The van der Waals surface area contributed by atoms with Gasteiger partial charge in [-0.05, 0) is 68.4 Å². The van der Waals surface area contributed by atoms with Crippen molar-refractivity contribution in [2.45, 2.75) is 18.7 Å². The minimum Gasteiger partial charge on any atom is -0.322 e. The van der Waals surface area contributed by atoms with Crippen LogP contribution in [0.2, 0.25) is 0 Å². The summed E-state index contributed by atoms with van der Waals surface area (Å²) in [6.07, 6.45) is 0. The molecule has 2 aromatic rings. The SMILES string of the molecule is Cc1ccc(NC(=O)c2ccc(S(=O)(=O)N3CCN(C)CC3)cc2)cc1C. The smallest absolute Gasteiger partial charge is 0.255 e. The number of amides is 1. The van der Waals surface area contributed by atoms with Gasteiger partial charge in [-0.3, -0.25) is 4.79 Å². The first-order valence-electron chi connectivity index (χ1n) is 8.95. The van der Waals surface area contributed by atoms with Gasteiger partial charge in [-0.2, -0.15) is 4.31 Å². The van der Waals surface area contributed by atoms with E-state index in [0.717, 1.165) is 29.9 Å². The minimum atomic E-state index is -3.52. The highest BCUT2D eigenvalue weighted by Gasteiger charge is 2.27. The number of carbonyl (C=O) groups excluding carboxylic acids is 1. The van der Waals surface area contributed by atoms with E-state index < -0.39 is 10.0 Å². The van der Waals surface area contributed by atoms with Crippen molar-refractivity contribution in [1.82, 2.24) is 9.21 Å². The first kappa shape index (κ1) is 19.5. The molecule has 3 rings (SSSR count). The van der Waals surface area contributed by atoms with E-state index in [9.17, 15) is 13.2 Å². The fraction of sp³-hybridized carbons (Fsp3) is 0.350. The minimum absolute atomic E-state index is 0.217. The van der Waals surface area contributed by atoms with Crippen LogP contribution in [0.25, 0.3) is 0 Å². The molecule has 0 bridgehead atoms. The summed E-state index contributed by atoms with van der Waals surface area (Å²) in [5.41, 5.74) is 3.40. The first-order valence-corrected chi connectivity index (χ1v) is 10.4. The molecule has 0 aliphatic carbocycles. The van der Waals surface area contributed by atoms with Crippen molar-refractivity contribution in [3.63, 3.8) is 0 Å². The number of hydrogen-bond acceptors (Lipinski definition) is 4. The Morgan fingerprint density at radius 2 is 1.56 bits per heavy atom. The molecule has 1 heterocycles. The summed E-state index contributed by atoms with van der Waals surface area (Å²) in [7, 11) is -1.54. The number of aryl methyl sites for hydroxylation is 2. The van der Waals surface area contributed by atoms with Gasteiger partial charge in [0.05, 0.1) is 4.90 Å². The van der Waals surface area contributed by atoms with E-state index in [4.69, 9.17) is 0 Å². The number of hydrogen-bond donors (Lipinski definition) is 1. The Labute approximate surface area is 160 Å². The van der Waals surface area contributed by atoms with Gasteiger partial charge in [-0.1, -0.05) is 6.07 Å². The maximum atomic E-state index is 12.7. The highest BCUT2D eigenvalue weighted by Crippen LogP contribution is 2.19. The van der Waals surface area contributed by atoms with Crippen molar-refractivity contribution in [2.24, 2.45) is 0 Å². The van der Waals surface area contributed by atoms with Gasteiger partial charge in [0, 0.05) is 37.4 Å². The van der Waals surface area contributed by atoms with E-state index in [1.165, 1.54) is 16.4 Å². The molecular weight excluding hydrogens is 362 g/mol. The Balaban J connectivity index is 1.72. The molecule has 1 saturated heterocycles. The van der Waals surface area contributed by atoms with Gasteiger partial charge >= 0.3 is 0 Å². The quantitative estimate of drug-likeness (QED) is 0.875. The summed E-state index contributed by atoms with van der Waals surface area (Å²) >= 11 is 0. The predicted octanol–water partition coefficient (Wildman–Crippen LogP) is 2.49. The van der Waals surface area contributed by atoms with E-state index in [-0.39, 0.29) is 10.8 Å². The summed E-state index contributed by atoms with van der Waals surface area (Å²) in [6, 6.07) is 11.8. The summed E-state index contributed by atoms with van der Waals surface area (Å²) in [4.78, 5) is 14.8. The van der Waals surface area contributed by atoms with Crippen LogP contribution in [-0.2, 0) is 10.0 Å². The lowest BCUT2D eigenvalue weighted by Gasteiger charge is -2.31. The number of likely N-dealkylation sites (N-methyl/N-ethyl adjacent to an activating group) is 1. The van der Waals surface area contributed by atoms with Crippen molar-refractivity contribution in [3.8, 4) is 0 Å². The normalized spacial score (nSPS) is 16.3. The van der Waals surface area contributed by atoms with E-state index in [0.29, 0.717) is 18.7 Å². The van der Waals surface area contributed by atoms with Crippen molar-refractivity contribution in [3.05, 3.63) is 59.2 Å². The standard InChI is InChI=1S/C20H25N3O3S/c1-15-4-7-18(14-16(15)2)21-20(24)17-5-8-19(9-6-17)27(25,26)23-12-10-22(3)11-13-23/h4-9,14H,10-13H2,1-3H3,(H,21,24). The molecule has 0 unspecified atom stereocenters. The lowest BCUT2D eigenvalue weighted by Crippen LogP contribution is -2.47. The average molecular weight is 388 g/mol. The van der Waals surface area contributed by atoms with E-state index in [1.54, 1.807) is 12.1 Å². The third-order valence-electron chi connectivity index (χ3n) is 4.98. The highest BCUT2D eigenvalue weighted by atomic mass is 32.2. The molecule has 27 heavy (non-hydrogen) atoms. The molecule has 1 aliphatic rings. The number of anilines is 1. The summed E-state index contributed by atoms with van der Waals surface area (Å²) in [6.45, 7) is 6.40. The Hall–Kier alpha value is -2.22. The lowest BCUT2D eigenvalue weighted by molar-refractivity contribution is 0.102. The van der Waals surface area contributed by atoms with Crippen LogP contribution >= 0.6 is 0 Å². The van der Waals surface area contributed by atoms with E-state index in [1.807, 2.05) is 39.1 Å². The number of nitrogens with zero attached hydrogens (tertiary/aromatic N) is 2. The van der Waals surface area contributed by atoms with Crippen molar-refractivity contribution in [1.29, 1.82) is 0 Å². The molecule has 7 heteroatoms. The second kappa shape index (κ2) is 7.80. The monoisotopic (exact) mass is 387 g/mol. The predicted molar refractivity (Wildman–Crippen MR) is 107 cm³/mol. The molecule has 6 nitrogen and oxygen atoms in total. The van der Waals surface area contributed by atoms with Crippen LogP contribution in [-0.4, -0.2) is 56.8 Å². The molecule has 1 N–H and O–H groups in total. The van der Waals surface area contributed by atoms with Gasteiger partial charge in [-0.25, -0.2) is 8.42 Å². The molecule has 1 aliphatic heterocycles. The van der Waals surface area contributed by atoms with Crippen LogP contribution in [0, 0.1) is 13.8 Å². The van der Waals surface area contributed by atoms with Crippen molar-refractivity contribution >= 4 is 21.6 Å². The van der Waals surface area contributed by atoms with Gasteiger partial charge in [0.1, 0.15) is 0 Å². The third-order valence-corrected chi connectivity index (χ3v) is 6.89. The van der Waals surface area contributed by atoms with Crippen LogP contribution in [0.15, 0.2) is 47.4 Å². The zero-order valence-corrected chi connectivity index (χ0v) is 16.7. The van der Waals surface area contributed by atoms with E-state index >= 15 is 0 Å². The first-order chi connectivity index (χ1) is 12.8. The second-order valence-electron chi connectivity index (χ2n) is 6.98. The van der Waals surface area contributed by atoms with Crippen LogP contribution < -0.4 is 5.32 Å². The molecule has 0 spiro atoms. The van der Waals surface area contributed by atoms with Crippen LogP contribution in [0.1, 0.15) is 21.5 Å². The fourth-order valence-electron chi connectivity index (χ4n) is 2.98. The Morgan fingerprint density at radius 3 is 2.15 bits per heavy atom. The molecule has 2 aromatic carbocycles. The molecule has 0 radical (unpaired) electrons. The van der Waals surface area contributed by atoms with Crippen molar-refractivity contribution in [2.75, 3.05) is 38.5 Å². The second-order valence-corrected chi connectivity index (χ2v) is 8.92. The van der Waals surface area contributed by atoms with Crippen molar-refractivity contribution < 1.29 is 13.2 Å². The molecule has 0 atom stereocenters. The molecule has 0 aromatic heterocycles. The fourth-order valence-corrected chi connectivity index (χ4v) is 4.40. The maximum Gasteiger partial charge on any atom is 0.255 e. The Kier molecular flexibility index (Phi) is 5.64. The molecule has 1 fully saturated rings. The number of sulfonamides is 1. The number of piperazine rings is 1. The largest absolute Gasteiger partial charge is 0.322 e. The van der Waals surface area contributed by atoms with Gasteiger partial charge in [0.2, 0.25) is 10.0 Å². The van der Waals surface area contributed by atoms with Crippen LogP contribution in [0.5, 0.6) is 0 Å². The number of rotatable bonds is 4. The highest BCUT2D eigenvalue weighted by molar-refractivity contribution is 7.89. The average Bonchev–Trinajstić information content (AvgIpc) is 2.65. The zero-order valence-electron chi connectivity index (χ0n) is 15.9. The summed E-state index contributed by atoms with van der Waals surface area (Å²) < 4.78 is 27.0.